The summed E-state index contributed by atoms with van der Waals surface area (Å²) in [6.45, 7) is 2.17. The van der Waals surface area contributed by atoms with E-state index in [0.717, 1.165) is 29.6 Å². The third-order valence-electron chi connectivity index (χ3n) is 2.87. The summed E-state index contributed by atoms with van der Waals surface area (Å²) in [5.74, 6) is -1.60. The molecular weight excluding hydrogens is 322 g/mol. The number of aromatic nitrogens is 2. The maximum absolute atomic E-state index is 13.1. The number of aryl methyl sites for hydroxylation is 2. The molecule has 120 valence electrons. The smallest absolute Gasteiger partial charge is 0.235 e. The number of nitriles is 1. The van der Waals surface area contributed by atoms with Crippen LogP contribution in [0.5, 0.6) is 0 Å². The van der Waals surface area contributed by atoms with Gasteiger partial charge in [0.15, 0.2) is 11.6 Å². The van der Waals surface area contributed by atoms with Gasteiger partial charge in [-0.3, -0.25) is 4.79 Å². The van der Waals surface area contributed by atoms with Crippen molar-refractivity contribution in [2.45, 2.75) is 24.8 Å². The molecule has 0 atom stereocenters. The minimum Gasteiger partial charge on any atom is -0.310 e. The summed E-state index contributed by atoms with van der Waals surface area (Å²) in [6, 6.07) is 7.21. The fourth-order valence-corrected chi connectivity index (χ4v) is 2.59. The van der Waals surface area contributed by atoms with Crippen molar-refractivity contribution in [2.24, 2.45) is 0 Å². The summed E-state index contributed by atoms with van der Waals surface area (Å²) in [6.07, 6.45) is 0.285. The molecule has 0 unspecified atom stereocenters. The zero-order chi connectivity index (χ0) is 16.8. The Morgan fingerprint density at radius 3 is 2.87 bits per heavy atom. The summed E-state index contributed by atoms with van der Waals surface area (Å²) in [5.41, 5.74) is 0.728. The molecule has 0 fully saturated rings. The highest BCUT2D eigenvalue weighted by atomic mass is 32.2. The molecule has 8 heteroatoms. The first-order valence-corrected chi connectivity index (χ1v) is 7.77. The zero-order valence-corrected chi connectivity index (χ0v) is 13.2. The monoisotopic (exact) mass is 336 g/mol. The number of thioether (sulfide) groups is 1. The Labute approximate surface area is 136 Å². The highest BCUT2D eigenvalue weighted by Crippen LogP contribution is 2.21. The molecule has 1 N–H and O–H groups in total. The van der Waals surface area contributed by atoms with Crippen molar-refractivity contribution in [1.82, 2.24) is 9.78 Å². The average Bonchev–Trinajstić information content (AvgIpc) is 2.86. The molecule has 0 saturated carbocycles. The van der Waals surface area contributed by atoms with Gasteiger partial charge in [0.05, 0.1) is 30.5 Å². The van der Waals surface area contributed by atoms with Crippen LogP contribution >= 0.6 is 11.8 Å². The van der Waals surface area contributed by atoms with Crippen molar-refractivity contribution in [3.63, 3.8) is 0 Å². The molecule has 0 radical (unpaired) electrons. The summed E-state index contributed by atoms with van der Waals surface area (Å²) < 4.78 is 27.5. The second-order valence-corrected chi connectivity index (χ2v) is 5.76. The van der Waals surface area contributed by atoms with Gasteiger partial charge in [-0.15, -0.1) is 11.8 Å². The Balaban J connectivity index is 1.94. The van der Waals surface area contributed by atoms with E-state index in [1.807, 2.05) is 6.07 Å². The van der Waals surface area contributed by atoms with Crippen LogP contribution in [0, 0.1) is 29.9 Å². The molecule has 5 nitrogen and oxygen atoms in total. The molecule has 2 aromatic rings. The van der Waals surface area contributed by atoms with Crippen molar-refractivity contribution < 1.29 is 13.6 Å². The first-order valence-electron chi connectivity index (χ1n) is 6.78. The highest BCUT2D eigenvalue weighted by molar-refractivity contribution is 8.00. The lowest BCUT2D eigenvalue weighted by atomic mass is 10.3. The number of carbonyl (C=O) groups excluding carboxylic acids is 1. The van der Waals surface area contributed by atoms with Crippen LogP contribution in [0.2, 0.25) is 0 Å². The number of amides is 1. The van der Waals surface area contributed by atoms with Gasteiger partial charge in [0.2, 0.25) is 5.91 Å². The zero-order valence-electron chi connectivity index (χ0n) is 12.3. The minimum absolute atomic E-state index is 0.0492. The fraction of sp³-hybridized carbons (Fsp3) is 0.267. The second kappa shape index (κ2) is 7.74. The van der Waals surface area contributed by atoms with E-state index < -0.39 is 11.6 Å². The predicted molar refractivity (Wildman–Crippen MR) is 82.9 cm³/mol. The van der Waals surface area contributed by atoms with Crippen LogP contribution < -0.4 is 5.32 Å². The van der Waals surface area contributed by atoms with Gasteiger partial charge in [-0.1, -0.05) is 0 Å². The number of hydrogen-bond donors (Lipinski definition) is 1. The number of carbonyl (C=O) groups is 1. The number of nitrogens with one attached hydrogen (secondary N) is 1. The van der Waals surface area contributed by atoms with E-state index in [2.05, 4.69) is 10.4 Å². The molecule has 0 bridgehead atoms. The van der Waals surface area contributed by atoms with Gasteiger partial charge in [-0.05, 0) is 25.1 Å². The molecular formula is C15H14F2N4OS. The Hall–Kier alpha value is -2.40. The lowest BCUT2D eigenvalue weighted by Gasteiger charge is -2.07. The fourth-order valence-electron chi connectivity index (χ4n) is 1.87. The molecule has 23 heavy (non-hydrogen) atoms. The Morgan fingerprint density at radius 1 is 1.39 bits per heavy atom. The summed E-state index contributed by atoms with van der Waals surface area (Å²) >= 11 is 1.10. The van der Waals surface area contributed by atoms with E-state index in [0.29, 0.717) is 17.3 Å². The van der Waals surface area contributed by atoms with Crippen molar-refractivity contribution in [3.8, 4) is 6.07 Å². The number of benzene rings is 1. The Kier molecular flexibility index (Phi) is 5.71. The molecule has 1 amide bonds. The molecule has 0 saturated heterocycles. The lowest BCUT2D eigenvalue weighted by molar-refractivity contribution is -0.113. The summed E-state index contributed by atoms with van der Waals surface area (Å²) in [5, 5.41) is 15.5. The SMILES string of the molecule is Cc1cc(NC(=O)CSc2ccc(F)c(F)c2)n(CCC#N)n1. The van der Waals surface area contributed by atoms with Crippen molar-refractivity contribution in [3.05, 3.63) is 41.6 Å². The number of anilines is 1. The Morgan fingerprint density at radius 2 is 2.17 bits per heavy atom. The second-order valence-electron chi connectivity index (χ2n) is 4.71. The lowest BCUT2D eigenvalue weighted by Crippen LogP contribution is -2.17. The Bertz CT molecular complexity index is 754. The van der Waals surface area contributed by atoms with Crippen LogP contribution in [0.25, 0.3) is 0 Å². The van der Waals surface area contributed by atoms with E-state index in [9.17, 15) is 13.6 Å². The van der Waals surface area contributed by atoms with Gasteiger partial charge in [0.25, 0.3) is 0 Å². The van der Waals surface area contributed by atoms with Crippen LogP contribution in [0.15, 0.2) is 29.2 Å². The third kappa shape index (κ3) is 4.79. The highest BCUT2D eigenvalue weighted by Gasteiger charge is 2.10. The molecule has 0 aliphatic heterocycles. The quantitative estimate of drug-likeness (QED) is 0.823. The van der Waals surface area contributed by atoms with Crippen molar-refractivity contribution >= 4 is 23.5 Å². The van der Waals surface area contributed by atoms with Crippen LogP contribution in [0.1, 0.15) is 12.1 Å². The van der Waals surface area contributed by atoms with Gasteiger partial charge < -0.3 is 5.32 Å². The van der Waals surface area contributed by atoms with Gasteiger partial charge in [0.1, 0.15) is 5.82 Å². The van der Waals surface area contributed by atoms with E-state index in [1.165, 1.54) is 6.07 Å². The molecule has 2 rings (SSSR count). The van der Waals surface area contributed by atoms with Crippen LogP contribution in [0.4, 0.5) is 14.6 Å². The predicted octanol–water partition coefficient (Wildman–Crippen LogP) is 3.11. The number of nitrogens with zero attached hydrogens (tertiary/aromatic N) is 3. The van der Waals surface area contributed by atoms with Gasteiger partial charge in [-0.25, -0.2) is 13.5 Å². The van der Waals surface area contributed by atoms with E-state index in [4.69, 9.17) is 5.26 Å². The minimum atomic E-state index is -0.944. The molecule has 0 aliphatic carbocycles. The maximum Gasteiger partial charge on any atom is 0.235 e. The van der Waals surface area contributed by atoms with Crippen molar-refractivity contribution in [1.29, 1.82) is 5.26 Å². The van der Waals surface area contributed by atoms with E-state index in [1.54, 1.807) is 17.7 Å². The van der Waals surface area contributed by atoms with Crippen molar-refractivity contribution in [2.75, 3.05) is 11.1 Å². The molecule has 0 spiro atoms. The number of hydrogen-bond acceptors (Lipinski definition) is 4. The van der Waals surface area contributed by atoms with Crippen LogP contribution in [-0.2, 0) is 11.3 Å². The maximum atomic E-state index is 13.1. The molecule has 1 aromatic heterocycles. The first kappa shape index (κ1) is 17.0. The van der Waals surface area contributed by atoms with E-state index >= 15 is 0 Å². The third-order valence-corrected chi connectivity index (χ3v) is 3.86. The van der Waals surface area contributed by atoms with Gasteiger partial charge in [-0.2, -0.15) is 10.4 Å². The van der Waals surface area contributed by atoms with E-state index in [-0.39, 0.29) is 18.1 Å². The first-order chi connectivity index (χ1) is 11.0. The molecule has 1 heterocycles. The molecule has 1 aromatic carbocycles. The largest absolute Gasteiger partial charge is 0.310 e. The molecule has 0 aliphatic rings. The normalized spacial score (nSPS) is 10.3. The van der Waals surface area contributed by atoms with Crippen LogP contribution in [-0.4, -0.2) is 21.4 Å². The average molecular weight is 336 g/mol. The summed E-state index contributed by atoms with van der Waals surface area (Å²) in [4.78, 5) is 12.4. The number of rotatable bonds is 6. The van der Waals surface area contributed by atoms with Gasteiger partial charge >= 0.3 is 0 Å². The summed E-state index contributed by atoms with van der Waals surface area (Å²) in [7, 11) is 0. The van der Waals surface area contributed by atoms with Gasteiger partial charge in [0, 0.05) is 11.0 Å². The van der Waals surface area contributed by atoms with Crippen LogP contribution in [0.3, 0.4) is 0 Å². The topological polar surface area (TPSA) is 70.7 Å². The standard InChI is InChI=1S/C15H14F2N4OS/c1-10-7-14(21(20-10)6-2-5-18)19-15(22)9-23-11-3-4-12(16)13(17)8-11/h3-4,7-8H,2,6,9H2,1H3,(H,19,22). The number of halogens is 2.